The van der Waals surface area contributed by atoms with Gasteiger partial charge >= 0.3 is 0 Å². The predicted octanol–water partition coefficient (Wildman–Crippen LogP) is 1.78. The molecule has 1 aromatic rings. The molecule has 0 aliphatic rings. The topological polar surface area (TPSA) is 41.5 Å². The Morgan fingerprint density at radius 2 is 2.12 bits per heavy atom. The van der Waals surface area contributed by atoms with Crippen LogP contribution in [0.2, 0.25) is 5.02 Å². The molecule has 16 heavy (non-hydrogen) atoms. The molecule has 0 heterocycles. The van der Waals surface area contributed by atoms with Crippen molar-refractivity contribution in [1.29, 1.82) is 0 Å². The highest BCUT2D eigenvalue weighted by Gasteiger charge is 2.26. The molecule has 3 nitrogen and oxygen atoms in total. The van der Waals surface area contributed by atoms with E-state index < -0.39 is 5.54 Å². The van der Waals surface area contributed by atoms with Crippen LogP contribution >= 0.6 is 11.6 Å². The van der Waals surface area contributed by atoms with Crippen LogP contribution in [0.4, 0.5) is 0 Å². The van der Waals surface area contributed by atoms with E-state index in [2.05, 4.69) is 5.32 Å². The van der Waals surface area contributed by atoms with Gasteiger partial charge in [-0.05, 0) is 18.6 Å². The molecular weight excluding hydrogens is 226 g/mol. The summed E-state index contributed by atoms with van der Waals surface area (Å²) in [4.78, 5) is 0. The van der Waals surface area contributed by atoms with Crippen molar-refractivity contribution in [1.82, 2.24) is 5.32 Å². The van der Waals surface area contributed by atoms with Crippen molar-refractivity contribution in [2.24, 2.45) is 0 Å². The van der Waals surface area contributed by atoms with Crippen molar-refractivity contribution in [3.8, 4) is 0 Å². The molecule has 0 spiro atoms. The van der Waals surface area contributed by atoms with Gasteiger partial charge in [0.05, 0.1) is 18.8 Å². The highest BCUT2D eigenvalue weighted by atomic mass is 35.5. The molecule has 0 saturated heterocycles. The lowest BCUT2D eigenvalue weighted by molar-refractivity contribution is 0.148. The van der Waals surface area contributed by atoms with E-state index >= 15 is 0 Å². The van der Waals surface area contributed by atoms with Crippen LogP contribution in [0.5, 0.6) is 0 Å². The Balaban J connectivity index is 2.83. The number of hydrogen-bond donors (Lipinski definition) is 2. The molecule has 0 aromatic heterocycles. The maximum Gasteiger partial charge on any atom is 0.0655 e. The Morgan fingerprint density at radius 3 is 2.69 bits per heavy atom. The molecule has 1 rings (SSSR count). The zero-order valence-electron chi connectivity index (χ0n) is 9.66. The normalized spacial score (nSPS) is 14.8. The molecular formula is C12H18ClNO2. The lowest BCUT2D eigenvalue weighted by Gasteiger charge is -2.30. The Kier molecular flexibility index (Phi) is 5.22. The van der Waals surface area contributed by atoms with Gasteiger partial charge in [-0.2, -0.15) is 0 Å². The van der Waals surface area contributed by atoms with E-state index in [1.54, 1.807) is 7.11 Å². The standard InChI is InChI=1S/C12H18ClNO2/c1-12(9-15,14-7-8-16-2)10-5-3-4-6-11(10)13/h3-6,14-15H,7-9H2,1-2H3. The minimum absolute atomic E-state index is 0.0134. The molecule has 0 radical (unpaired) electrons. The smallest absolute Gasteiger partial charge is 0.0655 e. The van der Waals surface area contributed by atoms with Gasteiger partial charge in [-0.15, -0.1) is 0 Å². The number of methoxy groups -OCH3 is 1. The highest BCUT2D eigenvalue weighted by molar-refractivity contribution is 6.31. The quantitative estimate of drug-likeness (QED) is 0.749. The first-order valence-corrected chi connectivity index (χ1v) is 5.61. The average molecular weight is 244 g/mol. The fraction of sp³-hybridized carbons (Fsp3) is 0.500. The number of aliphatic hydroxyl groups excluding tert-OH is 1. The van der Waals surface area contributed by atoms with Crippen molar-refractivity contribution in [3.05, 3.63) is 34.9 Å². The summed E-state index contributed by atoms with van der Waals surface area (Å²) in [5.41, 5.74) is 0.368. The number of nitrogens with one attached hydrogen (secondary N) is 1. The molecule has 1 aromatic carbocycles. The third-order valence-corrected chi connectivity index (χ3v) is 2.94. The third-order valence-electron chi connectivity index (χ3n) is 2.61. The van der Waals surface area contributed by atoms with Gasteiger partial charge < -0.3 is 15.2 Å². The minimum atomic E-state index is -0.531. The lowest BCUT2D eigenvalue weighted by Crippen LogP contribution is -2.44. The Morgan fingerprint density at radius 1 is 1.44 bits per heavy atom. The third kappa shape index (κ3) is 3.19. The van der Waals surface area contributed by atoms with E-state index in [4.69, 9.17) is 16.3 Å². The Bertz CT molecular complexity index is 333. The van der Waals surface area contributed by atoms with Crippen molar-refractivity contribution in [3.63, 3.8) is 0 Å². The molecule has 1 unspecified atom stereocenters. The molecule has 0 saturated carbocycles. The molecule has 4 heteroatoms. The van der Waals surface area contributed by atoms with Crippen molar-refractivity contribution in [2.75, 3.05) is 26.9 Å². The van der Waals surface area contributed by atoms with Crippen molar-refractivity contribution >= 4 is 11.6 Å². The number of benzene rings is 1. The fourth-order valence-corrected chi connectivity index (χ4v) is 1.92. The zero-order valence-corrected chi connectivity index (χ0v) is 10.4. The average Bonchev–Trinajstić information content (AvgIpc) is 2.30. The second-order valence-electron chi connectivity index (χ2n) is 3.89. The number of halogens is 1. The van der Waals surface area contributed by atoms with Crippen LogP contribution in [0.25, 0.3) is 0 Å². The zero-order chi connectivity index (χ0) is 12.0. The summed E-state index contributed by atoms with van der Waals surface area (Å²) < 4.78 is 4.97. The molecule has 2 N–H and O–H groups in total. The van der Waals surface area contributed by atoms with Gasteiger partial charge in [0, 0.05) is 18.7 Å². The van der Waals surface area contributed by atoms with Crippen LogP contribution in [0, 0.1) is 0 Å². The van der Waals surface area contributed by atoms with Crippen molar-refractivity contribution in [2.45, 2.75) is 12.5 Å². The van der Waals surface area contributed by atoms with Gasteiger partial charge in [-0.25, -0.2) is 0 Å². The maximum absolute atomic E-state index is 9.50. The minimum Gasteiger partial charge on any atom is -0.394 e. The van der Waals surface area contributed by atoms with Crippen LogP contribution in [-0.4, -0.2) is 32.0 Å². The van der Waals surface area contributed by atoms with Gasteiger partial charge in [0.25, 0.3) is 0 Å². The van der Waals surface area contributed by atoms with Gasteiger partial charge in [0.15, 0.2) is 0 Å². The molecule has 0 fully saturated rings. The second-order valence-corrected chi connectivity index (χ2v) is 4.30. The molecule has 90 valence electrons. The van der Waals surface area contributed by atoms with E-state index in [0.717, 1.165) is 5.56 Å². The molecule has 0 bridgehead atoms. The van der Waals surface area contributed by atoms with Gasteiger partial charge in [-0.3, -0.25) is 0 Å². The monoisotopic (exact) mass is 243 g/mol. The Labute approximate surface area is 101 Å². The summed E-state index contributed by atoms with van der Waals surface area (Å²) >= 11 is 6.12. The summed E-state index contributed by atoms with van der Waals surface area (Å²) in [7, 11) is 1.65. The summed E-state index contributed by atoms with van der Waals surface area (Å²) in [6.45, 7) is 3.17. The van der Waals surface area contributed by atoms with Gasteiger partial charge in [0.2, 0.25) is 0 Å². The largest absolute Gasteiger partial charge is 0.394 e. The second kappa shape index (κ2) is 6.21. The molecule has 0 aliphatic heterocycles. The summed E-state index contributed by atoms with van der Waals surface area (Å²) in [5, 5.41) is 13.4. The van der Waals surface area contributed by atoms with E-state index in [1.165, 1.54) is 0 Å². The van der Waals surface area contributed by atoms with E-state index in [9.17, 15) is 5.11 Å². The fourth-order valence-electron chi connectivity index (χ4n) is 1.57. The van der Waals surface area contributed by atoms with E-state index in [-0.39, 0.29) is 6.61 Å². The number of aliphatic hydroxyl groups is 1. The van der Waals surface area contributed by atoms with Gasteiger partial charge in [-0.1, -0.05) is 29.8 Å². The summed E-state index contributed by atoms with van der Waals surface area (Å²) in [5.74, 6) is 0. The van der Waals surface area contributed by atoms with E-state index in [0.29, 0.717) is 18.2 Å². The molecule has 0 amide bonds. The SMILES string of the molecule is COCCNC(C)(CO)c1ccccc1Cl. The van der Waals surface area contributed by atoms with Crippen LogP contribution in [-0.2, 0) is 10.3 Å². The first kappa shape index (κ1) is 13.5. The number of ether oxygens (including phenoxy) is 1. The number of hydrogen-bond acceptors (Lipinski definition) is 3. The van der Waals surface area contributed by atoms with Crippen LogP contribution < -0.4 is 5.32 Å². The molecule has 0 aliphatic carbocycles. The van der Waals surface area contributed by atoms with Crippen LogP contribution in [0.1, 0.15) is 12.5 Å². The number of rotatable bonds is 6. The first-order valence-electron chi connectivity index (χ1n) is 5.24. The summed E-state index contributed by atoms with van der Waals surface area (Å²) in [6, 6.07) is 7.52. The predicted molar refractivity (Wildman–Crippen MR) is 65.8 cm³/mol. The van der Waals surface area contributed by atoms with Crippen LogP contribution in [0.3, 0.4) is 0 Å². The van der Waals surface area contributed by atoms with Gasteiger partial charge in [0.1, 0.15) is 0 Å². The highest BCUT2D eigenvalue weighted by Crippen LogP contribution is 2.27. The van der Waals surface area contributed by atoms with E-state index in [1.807, 2.05) is 31.2 Å². The maximum atomic E-state index is 9.50. The first-order chi connectivity index (χ1) is 7.64. The molecule has 1 atom stereocenters. The Hall–Kier alpha value is -0.610. The van der Waals surface area contributed by atoms with Crippen LogP contribution in [0.15, 0.2) is 24.3 Å². The van der Waals surface area contributed by atoms with Crippen molar-refractivity contribution < 1.29 is 9.84 Å². The lowest BCUT2D eigenvalue weighted by atomic mass is 9.93. The summed E-state index contributed by atoms with van der Waals surface area (Å²) in [6.07, 6.45) is 0.